The van der Waals surface area contributed by atoms with Crippen LogP contribution in [0.2, 0.25) is 0 Å². The molecule has 1 heterocycles. The molecular weight excluding hydrogens is 212 g/mol. The summed E-state index contributed by atoms with van der Waals surface area (Å²) in [6.45, 7) is 1.44. The molecule has 1 N–H and O–H groups in total. The lowest BCUT2D eigenvalue weighted by atomic mass is 9.95. The van der Waals surface area contributed by atoms with Gasteiger partial charge in [0.25, 0.3) is 0 Å². The molecule has 2 atom stereocenters. The van der Waals surface area contributed by atoms with E-state index in [1.807, 2.05) is 7.05 Å². The number of benzene rings is 1. The van der Waals surface area contributed by atoms with Gasteiger partial charge < -0.3 is 10.1 Å². The lowest BCUT2D eigenvalue weighted by Crippen LogP contribution is -2.21. The molecule has 2 unspecified atom stereocenters. The fourth-order valence-electron chi connectivity index (χ4n) is 2.21. The second-order valence-electron chi connectivity index (χ2n) is 4.10. The van der Waals surface area contributed by atoms with Crippen LogP contribution in [-0.2, 0) is 4.74 Å². The van der Waals surface area contributed by atoms with Gasteiger partial charge in [-0.2, -0.15) is 0 Å². The van der Waals surface area contributed by atoms with Gasteiger partial charge in [0.05, 0.1) is 6.10 Å². The lowest BCUT2D eigenvalue weighted by molar-refractivity contribution is 0.0904. The highest BCUT2D eigenvalue weighted by Crippen LogP contribution is 2.34. The van der Waals surface area contributed by atoms with Gasteiger partial charge in [-0.15, -0.1) is 0 Å². The van der Waals surface area contributed by atoms with Crippen LogP contribution in [0.25, 0.3) is 0 Å². The minimum Gasteiger partial charge on any atom is -0.373 e. The van der Waals surface area contributed by atoms with E-state index >= 15 is 0 Å². The quantitative estimate of drug-likeness (QED) is 0.855. The van der Waals surface area contributed by atoms with E-state index in [9.17, 15) is 8.78 Å². The molecule has 1 aromatic rings. The van der Waals surface area contributed by atoms with Crippen LogP contribution in [0.3, 0.4) is 0 Å². The van der Waals surface area contributed by atoms with Crippen LogP contribution in [0, 0.1) is 17.6 Å². The van der Waals surface area contributed by atoms with Crippen LogP contribution < -0.4 is 5.32 Å². The minimum atomic E-state index is -0.547. The van der Waals surface area contributed by atoms with Crippen LogP contribution in [0.1, 0.15) is 18.1 Å². The van der Waals surface area contributed by atoms with Gasteiger partial charge in [0, 0.05) is 25.1 Å². The smallest absolute Gasteiger partial charge is 0.126 e. The summed E-state index contributed by atoms with van der Waals surface area (Å²) >= 11 is 0. The Balaban J connectivity index is 2.21. The van der Waals surface area contributed by atoms with E-state index < -0.39 is 11.6 Å². The Morgan fingerprint density at radius 2 is 2.00 bits per heavy atom. The molecule has 1 aromatic carbocycles. The molecule has 0 spiro atoms. The van der Waals surface area contributed by atoms with Gasteiger partial charge in [-0.3, -0.25) is 0 Å². The zero-order chi connectivity index (χ0) is 11.5. The maximum Gasteiger partial charge on any atom is 0.126 e. The van der Waals surface area contributed by atoms with Crippen molar-refractivity contribution in [3.63, 3.8) is 0 Å². The summed E-state index contributed by atoms with van der Waals surface area (Å²) in [5, 5.41) is 3.07. The van der Waals surface area contributed by atoms with Gasteiger partial charge in [-0.25, -0.2) is 8.78 Å². The van der Waals surface area contributed by atoms with Gasteiger partial charge in [0.15, 0.2) is 0 Å². The van der Waals surface area contributed by atoms with Crippen molar-refractivity contribution in [2.75, 3.05) is 20.2 Å². The van der Waals surface area contributed by atoms with Crippen molar-refractivity contribution in [3.8, 4) is 0 Å². The number of hydrogen-bond donors (Lipinski definition) is 1. The van der Waals surface area contributed by atoms with E-state index in [-0.39, 0.29) is 12.0 Å². The first-order chi connectivity index (χ1) is 7.70. The highest BCUT2D eigenvalue weighted by Gasteiger charge is 2.29. The van der Waals surface area contributed by atoms with Crippen molar-refractivity contribution in [1.29, 1.82) is 0 Å². The van der Waals surface area contributed by atoms with E-state index in [1.54, 1.807) is 0 Å². The highest BCUT2D eigenvalue weighted by atomic mass is 19.1. The molecule has 0 bridgehead atoms. The van der Waals surface area contributed by atoms with Crippen molar-refractivity contribution in [2.45, 2.75) is 12.5 Å². The Morgan fingerprint density at radius 1 is 1.31 bits per heavy atom. The number of ether oxygens (including phenoxy) is 1. The monoisotopic (exact) mass is 227 g/mol. The summed E-state index contributed by atoms with van der Waals surface area (Å²) in [6, 6.07) is 3.58. The van der Waals surface area contributed by atoms with Gasteiger partial charge >= 0.3 is 0 Å². The number of rotatable bonds is 3. The molecule has 0 saturated carbocycles. The normalized spacial score (nSPS) is 24.9. The van der Waals surface area contributed by atoms with Crippen molar-refractivity contribution < 1.29 is 13.5 Å². The van der Waals surface area contributed by atoms with Crippen molar-refractivity contribution in [1.82, 2.24) is 5.32 Å². The van der Waals surface area contributed by atoms with Gasteiger partial charge in [0.1, 0.15) is 11.6 Å². The fourth-order valence-corrected chi connectivity index (χ4v) is 2.21. The zero-order valence-electron chi connectivity index (χ0n) is 9.17. The number of halogens is 2. The number of hydrogen-bond acceptors (Lipinski definition) is 2. The van der Waals surface area contributed by atoms with E-state index in [4.69, 9.17) is 4.74 Å². The van der Waals surface area contributed by atoms with Crippen LogP contribution in [0.15, 0.2) is 18.2 Å². The number of nitrogens with one attached hydrogen (secondary N) is 1. The van der Waals surface area contributed by atoms with Gasteiger partial charge in [-0.1, -0.05) is 0 Å². The summed E-state index contributed by atoms with van der Waals surface area (Å²) < 4.78 is 31.7. The summed E-state index contributed by atoms with van der Waals surface area (Å²) in [7, 11) is 1.86. The molecule has 0 aliphatic carbocycles. The Hall–Kier alpha value is -1.00. The first-order valence-corrected chi connectivity index (χ1v) is 5.43. The third-order valence-electron chi connectivity index (χ3n) is 2.89. The second-order valence-corrected chi connectivity index (χ2v) is 4.10. The topological polar surface area (TPSA) is 21.3 Å². The Kier molecular flexibility index (Phi) is 3.51. The molecule has 2 nitrogen and oxygen atoms in total. The third kappa shape index (κ3) is 2.39. The zero-order valence-corrected chi connectivity index (χ0v) is 9.17. The summed E-state index contributed by atoms with van der Waals surface area (Å²) in [5.41, 5.74) is 0.593. The van der Waals surface area contributed by atoms with Crippen molar-refractivity contribution >= 4 is 0 Å². The lowest BCUT2D eigenvalue weighted by Gasteiger charge is -2.18. The molecule has 16 heavy (non-hydrogen) atoms. The van der Waals surface area contributed by atoms with E-state index in [0.29, 0.717) is 12.2 Å². The first-order valence-electron chi connectivity index (χ1n) is 5.43. The van der Waals surface area contributed by atoms with Crippen LogP contribution in [0.4, 0.5) is 8.78 Å². The molecule has 88 valence electrons. The van der Waals surface area contributed by atoms with Crippen molar-refractivity contribution in [3.05, 3.63) is 35.4 Å². The SMILES string of the molecule is CNCC1CCOC1c1cc(F)cc(F)c1. The molecular formula is C12H15F2NO. The largest absolute Gasteiger partial charge is 0.373 e. The average molecular weight is 227 g/mol. The average Bonchev–Trinajstić information content (AvgIpc) is 2.65. The van der Waals surface area contributed by atoms with E-state index in [0.717, 1.165) is 19.0 Å². The first kappa shape index (κ1) is 11.5. The summed E-state index contributed by atoms with van der Waals surface area (Å²) in [4.78, 5) is 0. The molecule has 1 fully saturated rings. The highest BCUT2D eigenvalue weighted by molar-refractivity contribution is 5.21. The molecule has 0 aromatic heterocycles. The Bertz CT molecular complexity index is 350. The van der Waals surface area contributed by atoms with Crippen LogP contribution in [0.5, 0.6) is 0 Å². The van der Waals surface area contributed by atoms with Gasteiger partial charge in [-0.05, 0) is 31.2 Å². The molecule has 1 saturated heterocycles. The van der Waals surface area contributed by atoms with E-state index in [2.05, 4.69) is 5.32 Å². The van der Waals surface area contributed by atoms with Crippen LogP contribution >= 0.6 is 0 Å². The minimum absolute atomic E-state index is 0.197. The Labute approximate surface area is 93.6 Å². The standard InChI is InChI=1S/C12H15F2NO/c1-15-7-8-2-3-16-12(8)9-4-10(13)6-11(14)5-9/h4-6,8,12,15H,2-3,7H2,1H3. The third-order valence-corrected chi connectivity index (χ3v) is 2.89. The summed E-state index contributed by atoms with van der Waals surface area (Å²) in [5.74, 6) is -0.811. The Morgan fingerprint density at radius 3 is 2.62 bits per heavy atom. The predicted molar refractivity (Wildman–Crippen MR) is 57.1 cm³/mol. The predicted octanol–water partition coefficient (Wildman–Crippen LogP) is 2.26. The maximum absolute atomic E-state index is 13.1. The molecule has 0 amide bonds. The molecule has 1 aliphatic heterocycles. The molecule has 4 heteroatoms. The molecule has 0 radical (unpaired) electrons. The van der Waals surface area contributed by atoms with E-state index in [1.165, 1.54) is 12.1 Å². The fraction of sp³-hybridized carbons (Fsp3) is 0.500. The maximum atomic E-state index is 13.1. The molecule has 2 rings (SSSR count). The van der Waals surface area contributed by atoms with Crippen molar-refractivity contribution in [2.24, 2.45) is 5.92 Å². The second kappa shape index (κ2) is 4.89. The van der Waals surface area contributed by atoms with Crippen LogP contribution in [-0.4, -0.2) is 20.2 Å². The summed E-state index contributed by atoms with van der Waals surface area (Å²) in [6.07, 6.45) is 0.724. The molecule has 1 aliphatic rings. The van der Waals surface area contributed by atoms with Gasteiger partial charge in [0.2, 0.25) is 0 Å².